The lowest BCUT2D eigenvalue weighted by Gasteiger charge is -2.12. The maximum absolute atomic E-state index is 5.61. The maximum atomic E-state index is 5.61. The quantitative estimate of drug-likeness (QED) is 0.261. The van der Waals surface area contributed by atoms with Gasteiger partial charge >= 0.3 is 0 Å². The molecule has 2 N–H and O–H groups in total. The van der Waals surface area contributed by atoms with Crippen molar-refractivity contribution in [2.24, 2.45) is 10.9 Å². The fraction of sp³-hybridized carbons (Fsp3) is 0.812. The Morgan fingerprint density at radius 2 is 2.12 bits per heavy atom. The first kappa shape index (κ1) is 21.1. The lowest BCUT2D eigenvalue weighted by Crippen LogP contribution is -2.39. The van der Waals surface area contributed by atoms with Crippen LogP contribution in [-0.2, 0) is 24.2 Å². The molecule has 0 aliphatic carbocycles. The molecule has 0 saturated carbocycles. The number of aromatic nitrogens is 3. The summed E-state index contributed by atoms with van der Waals surface area (Å²) in [6.45, 7) is 11.1. The van der Waals surface area contributed by atoms with Crippen molar-refractivity contribution < 1.29 is 4.74 Å². The first-order chi connectivity index (χ1) is 11.2. The summed E-state index contributed by atoms with van der Waals surface area (Å²) >= 11 is 0. The summed E-state index contributed by atoms with van der Waals surface area (Å²) in [6.07, 6.45) is 3.29. The Morgan fingerprint density at radius 3 is 2.88 bits per heavy atom. The van der Waals surface area contributed by atoms with Crippen LogP contribution >= 0.6 is 24.0 Å². The number of hydrogen-bond acceptors (Lipinski definition) is 4. The van der Waals surface area contributed by atoms with Gasteiger partial charge in [-0.05, 0) is 25.7 Å². The van der Waals surface area contributed by atoms with Crippen molar-refractivity contribution in [2.45, 2.75) is 53.1 Å². The van der Waals surface area contributed by atoms with Crippen LogP contribution in [0.2, 0.25) is 0 Å². The lowest BCUT2D eigenvalue weighted by molar-refractivity contribution is 0.128. The third-order valence-corrected chi connectivity index (χ3v) is 3.79. The van der Waals surface area contributed by atoms with E-state index >= 15 is 0 Å². The SMILES string of the molecule is CCNC(=NCc1nnc2n1CCC2)NCCOCCC(C)C.I. The van der Waals surface area contributed by atoms with E-state index in [0.29, 0.717) is 19.1 Å². The zero-order valence-corrected chi connectivity index (χ0v) is 17.4. The highest BCUT2D eigenvalue weighted by atomic mass is 127. The van der Waals surface area contributed by atoms with E-state index in [1.165, 1.54) is 0 Å². The van der Waals surface area contributed by atoms with E-state index in [-0.39, 0.29) is 24.0 Å². The fourth-order valence-electron chi connectivity index (χ4n) is 2.48. The second-order valence-corrected chi connectivity index (χ2v) is 6.20. The van der Waals surface area contributed by atoms with E-state index in [0.717, 1.165) is 63.1 Å². The minimum atomic E-state index is 0. The van der Waals surface area contributed by atoms with Gasteiger partial charge in [-0.2, -0.15) is 0 Å². The zero-order chi connectivity index (χ0) is 16.5. The molecular weight excluding hydrogens is 419 g/mol. The number of hydrogen-bond donors (Lipinski definition) is 2. The summed E-state index contributed by atoms with van der Waals surface area (Å²) in [7, 11) is 0. The summed E-state index contributed by atoms with van der Waals surface area (Å²) in [6, 6.07) is 0. The van der Waals surface area contributed by atoms with Crippen LogP contribution in [-0.4, -0.2) is 47.0 Å². The van der Waals surface area contributed by atoms with Crippen LogP contribution in [0.1, 0.15) is 45.3 Å². The Labute approximate surface area is 162 Å². The number of halogens is 1. The smallest absolute Gasteiger partial charge is 0.191 e. The number of nitrogens with one attached hydrogen (secondary N) is 2. The largest absolute Gasteiger partial charge is 0.380 e. The number of aliphatic imine (C=N–C) groups is 1. The van der Waals surface area contributed by atoms with Crippen LogP contribution < -0.4 is 10.6 Å². The van der Waals surface area contributed by atoms with E-state index in [4.69, 9.17) is 4.74 Å². The number of nitrogens with zero attached hydrogens (tertiary/aromatic N) is 4. The van der Waals surface area contributed by atoms with E-state index in [1.807, 2.05) is 0 Å². The maximum Gasteiger partial charge on any atom is 0.191 e. The van der Waals surface area contributed by atoms with Gasteiger partial charge in [-0.15, -0.1) is 34.2 Å². The van der Waals surface area contributed by atoms with Crippen LogP contribution in [0.4, 0.5) is 0 Å². The van der Waals surface area contributed by atoms with Crippen molar-refractivity contribution in [3.05, 3.63) is 11.6 Å². The standard InChI is InChI=1S/C16H30N6O.HI/c1-4-17-16(18-8-11-23-10-7-13(2)3)19-12-15-21-20-14-6-5-9-22(14)15;/h13H,4-12H2,1-3H3,(H2,17,18,19);1H. The predicted octanol–water partition coefficient (Wildman–Crippen LogP) is 1.96. The molecule has 1 aliphatic rings. The van der Waals surface area contributed by atoms with E-state index in [9.17, 15) is 0 Å². The minimum absolute atomic E-state index is 0. The highest BCUT2D eigenvalue weighted by Gasteiger charge is 2.16. The summed E-state index contributed by atoms with van der Waals surface area (Å²) in [4.78, 5) is 4.59. The number of fused-ring (bicyclic) bond motifs is 1. The van der Waals surface area contributed by atoms with Gasteiger partial charge in [0.05, 0.1) is 6.61 Å². The number of ether oxygens (including phenoxy) is 1. The van der Waals surface area contributed by atoms with Crippen molar-refractivity contribution in [1.82, 2.24) is 25.4 Å². The Bertz CT molecular complexity index is 503. The van der Waals surface area contributed by atoms with Gasteiger partial charge in [-0.3, -0.25) is 0 Å². The second-order valence-electron chi connectivity index (χ2n) is 6.20. The van der Waals surface area contributed by atoms with Gasteiger partial charge in [0.25, 0.3) is 0 Å². The Hall–Kier alpha value is -0.900. The Kier molecular flexibility index (Phi) is 10.2. The van der Waals surface area contributed by atoms with Gasteiger partial charge < -0.3 is 19.9 Å². The molecule has 0 spiro atoms. The molecule has 2 heterocycles. The van der Waals surface area contributed by atoms with Gasteiger partial charge in [-0.1, -0.05) is 13.8 Å². The molecular formula is C16H31IN6O. The molecule has 1 aromatic heterocycles. The first-order valence-electron chi connectivity index (χ1n) is 8.71. The Morgan fingerprint density at radius 1 is 1.29 bits per heavy atom. The molecule has 0 bridgehead atoms. The number of guanidine groups is 1. The van der Waals surface area contributed by atoms with Gasteiger partial charge in [0.2, 0.25) is 0 Å². The van der Waals surface area contributed by atoms with Crippen molar-refractivity contribution >= 4 is 29.9 Å². The van der Waals surface area contributed by atoms with E-state index < -0.39 is 0 Å². The molecule has 0 aromatic carbocycles. The molecule has 2 rings (SSSR count). The van der Waals surface area contributed by atoms with Crippen molar-refractivity contribution in [3.63, 3.8) is 0 Å². The molecule has 0 unspecified atom stereocenters. The van der Waals surface area contributed by atoms with Crippen molar-refractivity contribution in [1.29, 1.82) is 0 Å². The van der Waals surface area contributed by atoms with E-state index in [1.54, 1.807) is 0 Å². The molecule has 0 fully saturated rings. The molecule has 24 heavy (non-hydrogen) atoms. The monoisotopic (exact) mass is 450 g/mol. The third kappa shape index (κ3) is 6.92. The van der Waals surface area contributed by atoms with Crippen LogP contribution in [0.3, 0.4) is 0 Å². The molecule has 0 saturated heterocycles. The highest BCUT2D eigenvalue weighted by molar-refractivity contribution is 14.0. The molecule has 0 amide bonds. The fourth-order valence-corrected chi connectivity index (χ4v) is 2.48. The number of aryl methyl sites for hydroxylation is 1. The summed E-state index contributed by atoms with van der Waals surface area (Å²) < 4.78 is 7.79. The van der Waals surface area contributed by atoms with Gasteiger partial charge in [0.15, 0.2) is 11.8 Å². The van der Waals surface area contributed by atoms with Crippen LogP contribution in [0.5, 0.6) is 0 Å². The Balaban J connectivity index is 0.00000288. The first-order valence-corrected chi connectivity index (χ1v) is 8.71. The molecule has 7 nitrogen and oxygen atoms in total. The highest BCUT2D eigenvalue weighted by Crippen LogP contribution is 2.14. The third-order valence-electron chi connectivity index (χ3n) is 3.79. The van der Waals surface area contributed by atoms with Crippen LogP contribution in [0, 0.1) is 5.92 Å². The lowest BCUT2D eigenvalue weighted by atomic mass is 10.1. The summed E-state index contributed by atoms with van der Waals surface area (Å²) in [5.74, 6) is 3.52. The summed E-state index contributed by atoms with van der Waals surface area (Å²) in [5.41, 5.74) is 0. The normalized spacial score (nSPS) is 13.8. The van der Waals surface area contributed by atoms with Gasteiger partial charge in [-0.25, -0.2) is 4.99 Å². The molecule has 0 radical (unpaired) electrons. The molecule has 1 aliphatic heterocycles. The van der Waals surface area contributed by atoms with E-state index in [2.05, 4.69) is 51.2 Å². The van der Waals surface area contributed by atoms with Crippen molar-refractivity contribution in [3.8, 4) is 0 Å². The zero-order valence-electron chi connectivity index (χ0n) is 15.0. The van der Waals surface area contributed by atoms with Crippen LogP contribution in [0.25, 0.3) is 0 Å². The topological polar surface area (TPSA) is 76.4 Å². The number of rotatable bonds is 9. The second kappa shape index (κ2) is 11.6. The van der Waals surface area contributed by atoms with Gasteiger partial charge in [0, 0.05) is 32.7 Å². The average molecular weight is 450 g/mol. The molecule has 1 aromatic rings. The molecule has 0 atom stereocenters. The summed E-state index contributed by atoms with van der Waals surface area (Å²) in [5, 5.41) is 15.0. The molecule has 138 valence electrons. The molecule has 8 heteroatoms. The van der Waals surface area contributed by atoms with Crippen molar-refractivity contribution in [2.75, 3.05) is 26.3 Å². The average Bonchev–Trinajstić information content (AvgIpc) is 3.11. The minimum Gasteiger partial charge on any atom is -0.380 e. The van der Waals surface area contributed by atoms with Gasteiger partial charge in [0.1, 0.15) is 12.4 Å². The van der Waals surface area contributed by atoms with Crippen LogP contribution in [0.15, 0.2) is 4.99 Å². The predicted molar refractivity (Wildman–Crippen MR) is 107 cm³/mol.